The van der Waals surface area contributed by atoms with E-state index in [2.05, 4.69) is 5.10 Å². The van der Waals surface area contributed by atoms with Gasteiger partial charge in [0.2, 0.25) is 0 Å². The Labute approximate surface area is 113 Å². The Hall–Kier alpha value is -2.30. The molecular formula is C15H11F3N2. The zero-order valence-electron chi connectivity index (χ0n) is 10.4. The summed E-state index contributed by atoms with van der Waals surface area (Å²) in [6.07, 6.45) is -2.91. The Morgan fingerprint density at radius 2 is 1.70 bits per heavy atom. The van der Waals surface area contributed by atoms with Crippen molar-refractivity contribution in [1.29, 1.82) is 0 Å². The van der Waals surface area contributed by atoms with Crippen molar-refractivity contribution in [2.75, 3.05) is 0 Å². The van der Waals surface area contributed by atoms with Crippen molar-refractivity contribution in [2.24, 2.45) is 0 Å². The summed E-state index contributed by atoms with van der Waals surface area (Å²) in [4.78, 5) is 0. The normalized spacial score (nSPS) is 11.9. The van der Waals surface area contributed by atoms with Gasteiger partial charge in [-0.3, -0.25) is 4.68 Å². The van der Waals surface area contributed by atoms with Crippen molar-refractivity contribution in [1.82, 2.24) is 9.78 Å². The molecule has 0 radical (unpaired) electrons. The van der Waals surface area contributed by atoms with Crippen LogP contribution in [0.5, 0.6) is 0 Å². The van der Waals surface area contributed by atoms with Crippen LogP contribution in [0.4, 0.5) is 13.2 Å². The summed E-state index contributed by atoms with van der Waals surface area (Å²) >= 11 is 0. The highest BCUT2D eigenvalue weighted by molar-refractivity contribution is 5.82. The highest BCUT2D eigenvalue weighted by Crippen LogP contribution is 2.34. The lowest BCUT2D eigenvalue weighted by Crippen LogP contribution is -2.04. The van der Waals surface area contributed by atoms with E-state index in [1.165, 1.54) is 16.9 Å². The van der Waals surface area contributed by atoms with Gasteiger partial charge in [0.1, 0.15) is 0 Å². The maximum Gasteiger partial charge on any atom is 0.417 e. The van der Waals surface area contributed by atoms with Gasteiger partial charge in [-0.05, 0) is 17.7 Å². The number of rotatable bonds is 2. The number of halogens is 3. The monoisotopic (exact) mass is 276 g/mol. The average Bonchev–Trinajstić information content (AvgIpc) is 2.80. The molecule has 1 heterocycles. The fourth-order valence-electron chi connectivity index (χ4n) is 2.19. The minimum Gasteiger partial charge on any atom is -0.267 e. The minimum absolute atomic E-state index is 0.135. The first kappa shape index (κ1) is 12.7. The first-order chi connectivity index (χ1) is 9.54. The van der Waals surface area contributed by atoms with Gasteiger partial charge in [0.15, 0.2) is 0 Å². The molecule has 102 valence electrons. The lowest BCUT2D eigenvalue weighted by Gasteiger charge is -2.06. The van der Waals surface area contributed by atoms with Gasteiger partial charge in [-0.2, -0.15) is 18.3 Å². The molecule has 2 aromatic carbocycles. The maximum absolute atomic E-state index is 12.9. The number of benzene rings is 2. The van der Waals surface area contributed by atoms with Gasteiger partial charge < -0.3 is 0 Å². The average molecular weight is 276 g/mol. The molecule has 0 fully saturated rings. The molecule has 0 amide bonds. The Bertz CT molecular complexity index is 730. The highest BCUT2D eigenvalue weighted by Gasteiger charge is 2.32. The number of hydrogen-bond acceptors (Lipinski definition) is 1. The van der Waals surface area contributed by atoms with Gasteiger partial charge in [0.25, 0.3) is 0 Å². The smallest absolute Gasteiger partial charge is 0.267 e. The third-order valence-corrected chi connectivity index (χ3v) is 3.09. The van der Waals surface area contributed by atoms with E-state index < -0.39 is 11.7 Å². The molecule has 1 aromatic heterocycles. The summed E-state index contributed by atoms with van der Waals surface area (Å²) in [6, 6.07) is 13.5. The number of nitrogens with zero attached hydrogens (tertiary/aromatic N) is 2. The zero-order chi connectivity index (χ0) is 14.2. The van der Waals surface area contributed by atoms with Gasteiger partial charge in [0.05, 0.1) is 17.6 Å². The van der Waals surface area contributed by atoms with Crippen LogP contribution in [0.25, 0.3) is 10.9 Å². The second-order valence-corrected chi connectivity index (χ2v) is 4.55. The number of aromatic nitrogens is 2. The third kappa shape index (κ3) is 2.39. The van der Waals surface area contributed by atoms with E-state index in [0.29, 0.717) is 12.1 Å². The van der Waals surface area contributed by atoms with Crippen LogP contribution in [-0.2, 0) is 12.7 Å². The topological polar surface area (TPSA) is 17.8 Å². The molecule has 2 nitrogen and oxygen atoms in total. The number of fused-ring (bicyclic) bond motifs is 1. The molecule has 0 unspecified atom stereocenters. The fourth-order valence-corrected chi connectivity index (χ4v) is 2.19. The van der Waals surface area contributed by atoms with Crippen LogP contribution in [-0.4, -0.2) is 9.78 Å². The first-order valence-electron chi connectivity index (χ1n) is 6.11. The molecule has 5 heteroatoms. The number of alkyl halides is 3. The van der Waals surface area contributed by atoms with Crippen LogP contribution in [0.2, 0.25) is 0 Å². The molecular weight excluding hydrogens is 265 g/mol. The molecule has 0 bridgehead atoms. The molecule has 0 N–H and O–H groups in total. The van der Waals surface area contributed by atoms with E-state index in [1.54, 1.807) is 6.07 Å². The Morgan fingerprint density at radius 3 is 2.40 bits per heavy atom. The summed E-state index contributed by atoms with van der Waals surface area (Å²) in [5, 5.41) is 4.33. The summed E-state index contributed by atoms with van der Waals surface area (Å²) < 4.78 is 40.3. The van der Waals surface area contributed by atoms with Crippen LogP contribution in [0.1, 0.15) is 11.1 Å². The van der Waals surface area contributed by atoms with Crippen molar-refractivity contribution in [2.45, 2.75) is 12.7 Å². The third-order valence-electron chi connectivity index (χ3n) is 3.09. The van der Waals surface area contributed by atoms with Crippen LogP contribution < -0.4 is 0 Å². The predicted octanol–water partition coefficient (Wildman–Crippen LogP) is 4.10. The largest absolute Gasteiger partial charge is 0.417 e. The summed E-state index contributed by atoms with van der Waals surface area (Å²) in [5.41, 5.74) is 0.707. The van der Waals surface area contributed by atoms with Gasteiger partial charge in [-0.1, -0.05) is 36.4 Å². The van der Waals surface area contributed by atoms with E-state index in [-0.39, 0.29) is 5.39 Å². The van der Waals surface area contributed by atoms with Crippen LogP contribution in [0.3, 0.4) is 0 Å². The minimum atomic E-state index is -4.36. The van der Waals surface area contributed by atoms with E-state index in [1.807, 2.05) is 30.3 Å². The highest BCUT2D eigenvalue weighted by atomic mass is 19.4. The molecule has 0 aliphatic rings. The van der Waals surface area contributed by atoms with Crippen molar-refractivity contribution in [3.63, 3.8) is 0 Å². The van der Waals surface area contributed by atoms with Gasteiger partial charge >= 0.3 is 6.18 Å². The second kappa shape index (κ2) is 4.67. The van der Waals surface area contributed by atoms with E-state index in [0.717, 1.165) is 11.6 Å². The summed E-state index contributed by atoms with van der Waals surface area (Å²) in [7, 11) is 0. The van der Waals surface area contributed by atoms with Crippen molar-refractivity contribution >= 4 is 10.9 Å². The predicted molar refractivity (Wildman–Crippen MR) is 70.3 cm³/mol. The lowest BCUT2D eigenvalue weighted by molar-refractivity contribution is -0.136. The van der Waals surface area contributed by atoms with Gasteiger partial charge in [0, 0.05) is 11.6 Å². The Morgan fingerprint density at radius 1 is 0.950 bits per heavy atom. The summed E-state index contributed by atoms with van der Waals surface area (Å²) in [5.74, 6) is 0. The Balaban J connectivity index is 2.03. The van der Waals surface area contributed by atoms with Crippen LogP contribution in [0, 0.1) is 0 Å². The standard InChI is InChI=1S/C15H11F3N2/c16-15(17,18)13-7-4-8-14-12(13)10-20(19-14)9-11-5-2-1-3-6-11/h1-8,10H,9H2. The van der Waals surface area contributed by atoms with Gasteiger partial charge in [-0.15, -0.1) is 0 Å². The molecule has 20 heavy (non-hydrogen) atoms. The molecule has 3 rings (SSSR count). The van der Waals surface area contributed by atoms with Crippen LogP contribution in [0.15, 0.2) is 54.7 Å². The van der Waals surface area contributed by atoms with E-state index >= 15 is 0 Å². The molecule has 0 saturated heterocycles. The second-order valence-electron chi connectivity index (χ2n) is 4.55. The molecule has 0 aliphatic carbocycles. The molecule has 0 saturated carbocycles. The van der Waals surface area contributed by atoms with Crippen molar-refractivity contribution < 1.29 is 13.2 Å². The van der Waals surface area contributed by atoms with Gasteiger partial charge in [-0.25, -0.2) is 0 Å². The molecule has 0 aliphatic heterocycles. The summed E-state index contributed by atoms with van der Waals surface area (Å²) in [6.45, 7) is 0.451. The van der Waals surface area contributed by atoms with E-state index in [4.69, 9.17) is 0 Å². The zero-order valence-corrected chi connectivity index (χ0v) is 10.4. The van der Waals surface area contributed by atoms with E-state index in [9.17, 15) is 13.2 Å². The lowest BCUT2D eigenvalue weighted by atomic mass is 10.1. The molecule has 0 atom stereocenters. The fraction of sp³-hybridized carbons (Fsp3) is 0.133. The van der Waals surface area contributed by atoms with Crippen molar-refractivity contribution in [3.05, 3.63) is 65.9 Å². The number of hydrogen-bond donors (Lipinski definition) is 0. The van der Waals surface area contributed by atoms with Crippen molar-refractivity contribution in [3.8, 4) is 0 Å². The Kier molecular flexibility index (Phi) is 2.97. The quantitative estimate of drug-likeness (QED) is 0.689. The molecule has 3 aromatic rings. The first-order valence-corrected chi connectivity index (χ1v) is 6.11. The SMILES string of the molecule is FC(F)(F)c1cccc2nn(Cc3ccccc3)cc12. The molecule has 0 spiro atoms. The maximum atomic E-state index is 12.9. The van der Waals surface area contributed by atoms with Crippen LogP contribution >= 0.6 is 0 Å².